The van der Waals surface area contributed by atoms with Gasteiger partial charge in [-0.25, -0.2) is 4.98 Å². The highest BCUT2D eigenvalue weighted by molar-refractivity contribution is 5.96. The minimum absolute atomic E-state index is 0.0361. The van der Waals surface area contributed by atoms with Crippen LogP contribution in [0.1, 0.15) is 37.7 Å². The average Bonchev–Trinajstić information content (AvgIpc) is 2.81. The van der Waals surface area contributed by atoms with E-state index in [-0.39, 0.29) is 11.4 Å². The molecule has 3 N–H and O–H groups in total. The van der Waals surface area contributed by atoms with Crippen LogP contribution in [0.5, 0.6) is 0 Å². The summed E-state index contributed by atoms with van der Waals surface area (Å²) in [6, 6.07) is 14.8. The maximum atomic E-state index is 13.4. The second kappa shape index (κ2) is 9.87. The third-order valence-electron chi connectivity index (χ3n) is 6.07. The summed E-state index contributed by atoms with van der Waals surface area (Å²) in [5.74, 6) is 0.334. The highest BCUT2D eigenvalue weighted by Gasteiger charge is 2.16. The molecule has 0 amide bonds. The highest BCUT2D eigenvalue weighted by atomic mass is 16.1. The Kier molecular flexibility index (Phi) is 6.75. The average molecular weight is 432 g/mol. The van der Waals surface area contributed by atoms with Crippen molar-refractivity contribution in [3.63, 3.8) is 0 Å². The number of fused-ring (bicyclic) bond motifs is 1. The summed E-state index contributed by atoms with van der Waals surface area (Å²) in [6.45, 7) is 3.37. The number of rotatable bonds is 8. The molecule has 32 heavy (non-hydrogen) atoms. The minimum Gasteiger partial charge on any atom is -0.384 e. The Morgan fingerprint density at radius 1 is 0.969 bits per heavy atom. The third-order valence-corrected chi connectivity index (χ3v) is 6.07. The van der Waals surface area contributed by atoms with Gasteiger partial charge in [0.25, 0.3) is 5.56 Å². The van der Waals surface area contributed by atoms with Crippen LogP contribution in [0.3, 0.4) is 0 Å². The second-order valence-electron chi connectivity index (χ2n) is 8.34. The van der Waals surface area contributed by atoms with Crippen molar-refractivity contribution in [2.45, 2.75) is 38.6 Å². The van der Waals surface area contributed by atoms with E-state index < -0.39 is 0 Å². The molecular formula is C25H29N5O2. The number of nitrogens with one attached hydrogen (secondary N) is 1. The molecule has 1 fully saturated rings. The quantitative estimate of drug-likeness (QED) is 0.324. The maximum absolute atomic E-state index is 13.4. The first-order chi connectivity index (χ1) is 15.5. The first-order valence-electron chi connectivity index (χ1n) is 11.2. The lowest BCUT2D eigenvalue weighted by atomic mass is 10.1. The lowest BCUT2D eigenvalue weighted by molar-refractivity contribution is -0.121. The Labute approximate surface area is 187 Å². The molecule has 1 aliphatic heterocycles. The number of hydrogen-bond donors (Lipinski definition) is 2. The Morgan fingerprint density at radius 2 is 1.72 bits per heavy atom. The fraction of sp³-hybridized carbons (Fsp3) is 0.360. The molecule has 0 saturated carbocycles. The summed E-state index contributed by atoms with van der Waals surface area (Å²) in [6.07, 6.45) is 4.31. The predicted octanol–water partition coefficient (Wildman–Crippen LogP) is 3.18. The van der Waals surface area contributed by atoms with Crippen LogP contribution in [-0.2, 0) is 11.3 Å². The van der Waals surface area contributed by atoms with Gasteiger partial charge in [0.1, 0.15) is 17.3 Å². The van der Waals surface area contributed by atoms with Gasteiger partial charge in [0.05, 0.1) is 11.0 Å². The topological polar surface area (TPSA) is 105 Å². The number of ketones is 1. The Morgan fingerprint density at radius 3 is 2.50 bits per heavy atom. The van der Waals surface area contributed by atoms with Crippen molar-refractivity contribution in [1.29, 1.82) is 5.41 Å². The molecule has 2 aromatic carbocycles. The molecule has 0 spiro atoms. The van der Waals surface area contributed by atoms with Crippen LogP contribution in [0.2, 0.25) is 0 Å². The summed E-state index contributed by atoms with van der Waals surface area (Å²) in [4.78, 5) is 31.8. The molecule has 3 aromatic rings. The van der Waals surface area contributed by atoms with Crippen molar-refractivity contribution in [2.75, 3.05) is 19.6 Å². The lowest BCUT2D eigenvalue weighted by Crippen LogP contribution is -2.34. The standard InChI is InChI=1S/C25H29N5O2/c26-24(27)19-8-6-7-18(17-19)23-25(32)30(22-10-3-2-9-21(22)28-23)14-5-1-4-13-29-15-11-20(31)12-16-29/h2-3,6-10,17H,1,4-5,11-16H2,(H3,26,27). The van der Waals surface area contributed by atoms with E-state index in [9.17, 15) is 9.59 Å². The number of Topliss-reactive ketones (excluding diaryl/α,β-unsaturated/α-hetero) is 1. The summed E-state index contributed by atoms with van der Waals surface area (Å²) in [5.41, 5.74) is 8.73. The number of para-hydroxylation sites is 2. The zero-order valence-electron chi connectivity index (χ0n) is 18.2. The van der Waals surface area contributed by atoms with E-state index in [0.29, 0.717) is 42.0 Å². The van der Waals surface area contributed by atoms with E-state index in [0.717, 1.165) is 49.9 Å². The number of piperidine rings is 1. The number of unbranched alkanes of at least 4 members (excludes halogenated alkanes) is 2. The molecule has 0 radical (unpaired) electrons. The van der Waals surface area contributed by atoms with Crippen molar-refractivity contribution in [3.8, 4) is 11.3 Å². The van der Waals surface area contributed by atoms with E-state index in [1.165, 1.54) is 0 Å². The molecule has 0 unspecified atom stereocenters. The molecule has 1 aliphatic rings. The zero-order valence-corrected chi connectivity index (χ0v) is 18.2. The van der Waals surface area contributed by atoms with Crippen LogP contribution >= 0.6 is 0 Å². The largest absolute Gasteiger partial charge is 0.384 e. The van der Waals surface area contributed by atoms with Crippen molar-refractivity contribution >= 4 is 22.7 Å². The second-order valence-corrected chi connectivity index (χ2v) is 8.34. The van der Waals surface area contributed by atoms with Crippen LogP contribution in [0.25, 0.3) is 22.3 Å². The number of benzene rings is 2. The Bertz CT molecular complexity index is 1190. The molecule has 0 atom stereocenters. The number of nitrogens with zero attached hydrogens (tertiary/aromatic N) is 3. The molecular weight excluding hydrogens is 402 g/mol. The van der Waals surface area contributed by atoms with Crippen molar-refractivity contribution < 1.29 is 4.79 Å². The summed E-state index contributed by atoms with van der Waals surface area (Å²) in [5, 5.41) is 7.69. The van der Waals surface area contributed by atoms with E-state index >= 15 is 0 Å². The van der Waals surface area contributed by atoms with Gasteiger partial charge in [-0.1, -0.05) is 36.8 Å². The van der Waals surface area contributed by atoms with Crippen molar-refractivity contribution in [3.05, 3.63) is 64.4 Å². The van der Waals surface area contributed by atoms with E-state index in [1.54, 1.807) is 18.2 Å². The molecule has 0 bridgehead atoms. The number of nitrogens with two attached hydrogens (primary N) is 1. The number of amidine groups is 1. The molecule has 0 aliphatic carbocycles. The lowest BCUT2D eigenvalue weighted by Gasteiger charge is -2.25. The molecule has 7 nitrogen and oxygen atoms in total. The number of aromatic nitrogens is 2. The SMILES string of the molecule is N=C(N)c1cccc(-c2nc3ccccc3n(CCCCCN3CCC(=O)CC3)c2=O)c1. The van der Waals surface area contributed by atoms with Gasteiger partial charge in [-0.3, -0.25) is 15.0 Å². The first kappa shape index (κ1) is 21.9. The summed E-state index contributed by atoms with van der Waals surface area (Å²) in [7, 11) is 0. The number of aryl methyl sites for hydroxylation is 1. The number of carbonyl (C=O) groups excluding carboxylic acids is 1. The van der Waals surface area contributed by atoms with Gasteiger partial charge in [-0.05, 0) is 37.6 Å². The number of nitrogen functional groups attached to an aromatic ring is 1. The molecule has 2 heterocycles. The number of likely N-dealkylation sites (tertiary alicyclic amines) is 1. The van der Waals surface area contributed by atoms with Gasteiger partial charge >= 0.3 is 0 Å². The highest BCUT2D eigenvalue weighted by Crippen LogP contribution is 2.19. The van der Waals surface area contributed by atoms with Gasteiger partial charge in [0.2, 0.25) is 0 Å². The normalized spacial score (nSPS) is 14.7. The fourth-order valence-corrected chi connectivity index (χ4v) is 4.24. The van der Waals surface area contributed by atoms with Gasteiger partial charge in [-0.2, -0.15) is 0 Å². The van der Waals surface area contributed by atoms with Crippen molar-refractivity contribution in [1.82, 2.24) is 14.5 Å². The fourth-order valence-electron chi connectivity index (χ4n) is 4.24. The van der Waals surface area contributed by atoms with Gasteiger partial charge < -0.3 is 15.2 Å². The smallest absolute Gasteiger partial charge is 0.277 e. The summed E-state index contributed by atoms with van der Waals surface area (Å²) < 4.78 is 1.82. The zero-order chi connectivity index (χ0) is 22.5. The van der Waals surface area contributed by atoms with Gasteiger partial charge in [-0.15, -0.1) is 0 Å². The third kappa shape index (κ3) is 4.94. The number of hydrogen-bond acceptors (Lipinski definition) is 5. The Balaban J connectivity index is 1.51. The maximum Gasteiger partial charge on any atom is 0.277 e. The van der Waals surface area contributed by atoms with E-state index in [4.69, 9.17) is 11.1 Å². The van der Waals surface area contributed by atoms with Crippen LogP contribution in [0.15, 0.2) is 53.3 Å². The molecule has 7 heteroatoms. The first-order valence-corrected chi connectivity index (χ1v) is 11.2. The van der Waals surface area contributed by atoms with Crippen LogP contribution in [0, 0.1) is 5.41 Å². The predicted molar refractivity (Wildman–Crippen MR) is 127 cm³/mol. The molecule has 166 valence electrons. The van der Waals surface area contributed by atoms with Crippen LogP contribution in [0.4, 0.5) is 0 Å². The molecule has 4 rings (SSSR count). The van der Waals surface area contributed by atoms with E-state index in [1.807, 2.05) is 34.9 Å². The van der Waals surface area contributed by atoms with Crippen molar-refractivity contribution in [2.24, 2.45) is 5.73 Å². The van der Waals surface area contributed by atoms with Crippen LogP contribution < -0.4 is 11.3 Å². The Hall–Kier alpha value is -3.32. The molecule has 1 saturated heterocycles. The summed E-state index contributed by atoms with van der Waals surface area (Å²) >= 11 is 0. The number of carbonyl (C=O) groups is 1. The van der Waals surface area contributed by atoms with E-state index in [2.05, 4.69) is 9.88 Å². The minimum atomic E-state index is -0.126. The molecule has 1 aromatic heterocycles. The van der Waals surface area contributed by atoms with Gasteiger partial charge in [0, 0.05) is 43.6 Å². The van der Waals surface area contributed by atoms with Gasteiger partial charge in [0.15, 0.2) is 0 Å². The van der Waals surface area contributed by atoms with Crippen LogP contribution in [-0.4, -0.2) is 45.7 Å². The monoisotopic (exact) mass is 431 g/mol.